The van der Waals surface area contributed by atoms with E-state index in [9.17, 15) is 9.59 Å². The van der Waals surface area contributed by atoms with Crippen LogP contribution in [-0.2, 0) is 5.41 Å². The second-order valence-corrected chi connectivity index (χ2v) is 14.0. The van der Waals surface area contributed by atoms with Crippen molar-refractivity contribution >= 4 is 47.1 Å². The zero-order valence-electron chi connectivity index (χ0n) is 34.8. The first kappa shape index (κ1) is 43.8. The molecule has 0 fully saturated rings. The summed E-state index contributed by atoms with van der Waals surface area (Å²) < 4.78 is 0. The van der Waals surface area contributed by atoms with E-state index in [0.717, 1.165) is 38.6 Å². The van der Waals surface area contributed by atoms with Crippen molar-refractivity contribution in [3.05, 3.63) is 178 Å². The van der Waals surface area contributed by atoms with E-state index in [1.165, 1.54) is 34.2 Å². The monoisotopic (exact) mass is 728 g/mol. The zero-order chi connectivity index (χ0) is 40.9. The van der Waals surface area contributed by atoms with Crippen molar-refractivity contribution in [1.29, 1.82) is 0 Å². The summed E-state index contributed by atoms with van der Waals surface area (Å²) in [5, 5.41) is 2.24. The molecule has 0 aromatic heterocycles. The summed E-state index contributed by atoms with van der Waals surface area (Å²) >= 11 is 0. The van der Waals surface area contributed by atoms with Crippen LogP contribution in [0.4, 0.5) is 0 Å². The molecule has 1 aliphatic rings. The van der Waals surface area contributed by atoms with Gasteiger partial charge in [-0.15, -0.1) is 0 Å². The molecule has 6 rings (SSSR count). The average Bonchev–Trinajstić information content (AvgIpc) is 3.22. The number of allylic oxidation sites excluding steroid dienone is 3. The van der Waals surface area contributed by atoms with Gasteiger partial charge in [0.25, 0.3) is 0 Å². The van der Waals surface area contributed by atoms with Gasteiger partial charge in [-0.1, -0.05) is 178 Å². The largest absolute Gasteiger partial charge is 0.298 e. The Morgan fingerprint density at radius 2 is 1.44 bits per heavy atom. The number of aryl methyl sites for hydroxylation is 1. The van der Waals surface area contributed by atoms with Crippen molar-refractivity contribution in [3.63, 3.8) is 0 Å². The lowest BCUT2D eigenvalue weighted by molar-refractivity contribution is 0.102. The minimum atomic E-state index is -0.239. The highest BCUT2D eigenvalue weighted by atomic mass is 16.1. The van der Waals surface area contributed by atoms with Gasteiger partial charge >= 0.3 is 0 Å². The number of hydrogen-bond acceptors (Lipinski definition) is 2. The molecule has 1 aliphatic carbocycles. The van der Waals surface area contributed by atoms with E-state index >= 15 is 0 Å². The fraction of sp³-hybridized carbons (Fsp3) is 0.245. The topological polar surface area (TPSA) is 34.1 Å². The number of fused-ring (bicyclic) bond motifs is 5. The summed E-state index contributed by atoms with van der Waals surface area (Å²) in [5.41, 5.74) is 12.1. The fourth-order valence-corrected chi connectivity index (χ4v) is 6.65. The Labute approximate surface area is 331 Å². The summed E-state index contributed by atoms with van der Waals surface area (Å²) in [5.74, 6) is 0.510. The van der Waals surface area contributed by atoms with E-state index in [0.29, 0.717) is 28.9 Å². The maximum Gasteiger partial charge on any atom is 0.189 e. The van der Waals surface area contributed by atoms with Crippen molar-refractivity contribution in [2.45, 2.75) is 87.0 Å². The van der Waals surface area contributed by atoms with Gasteiger partial charge in [-0.05, 0) is 117 Å². The molecule has 0 spiro atoms. The van der Waals surface area contributed by atoms with Crippen LogP contribution in [0.15, 0.2) is 128 Å². The van der Waals surface area contributed by atoms with Gasteiger partial charge in [0, 0.05) is 16.5 Å². The smallest absolute Gasteiger partial charge is 0.189 e. The van der Waals surface area contributed by atoms with E-state index in [1.807, 2.05) is 33.8 Å². The standard InChI is InChI=1S/C38H32O2.C11H16.2C2H6/c1-7-27-21-31(23-39)34(22-28(27)8-2)37(40)24(3)19-26-14-17-33-30(20-26)16-18-35-36(33)32-12-10-9-11-29(32)15-13-25(4)38(35,5)6;1-4-10(3)11-7-5-9(2)6-8-11;2*1-2/h7-23H,1-2,4H2,3,5-6H3;5-8,10H,4H2,1-3H3;2*1-2H3/b15-13-,24-19-;;;. The number of rotatable bonds is 8. The first-order valence-electron chi connectivity index (χ1n) is 19.6. The number of carbonyl (C=O) groups excluding carboxylic acids is 2. The Bertz CT molecular complexity index is 2220. The van der Waals surface area contributed by atoms with Gasteiger partial charge in [0.15, 0.2) is 12.1 Å². The molecular formula is C53H60O2. The maximum atomic E-state index is 13.5. The van der Waals surface area contributed by atoms with Crippen LogP contribution in [0.25, 0.3) is 46.2 Å². The molecule has 1 atom stereocenters. The van der Waals surface area contributed by atoms with Crippen molar-refractivity contribution in [1.82, 2.24) is 0 Å². The van der Waals surface area contributed by atoms with E-state index in [1.54, 1.807) is 31.2 Å². The zero-order valence-corrected chi connectivity index (χ0v) is 34.8. The molecule has 55 heavy (non-hydrogen) atoms. The maximum absolute atomic E-state index is 13.5. The first-order valence-corrected chi connectivity index (χ1v) is 19.6. The summed E-state index contributed by atoms with van der Waals surface area (Å²) in [7, 11) is 0. The van der Waals surface area contributed by atoms with Crippen LogP contribution in [0.1, 0.15) is 134 Å². The van der Waals surface area contributed by atoms with Gasteiger partial charge in [0.05, 0.1) is 0 Å². The Kier molecular flexibility index (Phi) is 16.1. The van der Waals surface area contributed by atoms with Gasteiger partial charge < -0.3 is 0 Å². The summed E-state index contributed by atoms with van der Waals surface area (Å²) in [4.78, 5) is 25.3. The molecule has 0 amide bonds. The number of benzene rings is 5. The third-order valence-electron chi connectivity index (χ3n) is 10.3. The van der Waals surface area contributed by atoms with Crippen LogP contribution < -0.4 is 0 Å². The Balaban J connectivity index is 0.000000459. The lowest BCUT2D eigenvalue weighted by atomic mass is 9.72. The highest BCUT2D eigenvalue weighted by molar-refractivity contribution is 6.15. The van der Waals surface area contributed by atoms with Gasteiger partial charge in [0.2, 0.25) is 0 Å². The van der Waals surface area contributed by atoms with Gasteiger partial charge in [-0.2, -0.15) is 0 Å². The molecule has 1 unspecified atom stereocenters. The minimum absolute atomic E-state index is 0.194. The molecule has 0 heterocycles. The molecule has 0 saturated carbocycles. The van der Waals surface area contributed by atoms with Crippen LogP contribution in [0.2, 0.25) is 0 Å². The second kappa shape index (κ2) is 20.2. The fourth-order valence-electron chi connectivity index (χ4n) is 6.65. The van der Waals surface area contributed by atoms with E-state index in [2.05, 4.69) is 145 Å². The van der Waals surface area contributed by atoms with Gasteiger partial charge in [-0.25, -0.2) is 0 Å². The molecule has 5 aromatic carbocycles. The Morgan fingerprint density at radius 1 is 0.800 bits per heavy atom. The normalized spacial score (nSPS) is 13.6. The molecular weight excluding hydrogens is 669 g/mol. The van der Waals surface area contributed by atoms with E-state index in [-0.39, 0.29) is 11.2 Å². The van der Waals surface area contributed by atoms with E-state index in [4.69, 9.17) is 0 Å². The number of aldehydes is 1. The molecule has 2 heteroatoms. The van der Waals surface area contributed by atoms with Gasteiger partial charge in [0.1, 0.15) is 0 Å². The average molecular weight is 729 g/mol. The van der Waals surface area contributed by atoms with Crippen molar-refractivity contribution in [3.8, 4) is 11.1 Å². The van der Waals surface area contributed by atoms with Crippen LogP contribution >= 0.6 is 0 Å². The summed E-state index contributed by atoms with van der Waals surface area (Å²) in [6.45, 7) is 32.9. The highest BCUT2D eigenvalue weighted by Gasteiger charge is 2.29. The number of hydrogen-bond donors (Lipinski definition) is 0. The SMILES string of the molecule is C=Cc1cc(C=O)c(C(=O)/C(C)=C\c2ccc3c4c(ccc3c2)C(C)(C)C(=C)/C=C\c2ccccc2-4)cc1C=C.CC.CC.CCC(C)c1ccc(C)cc1. The summed E-state index contributed by atoms with van der Waals surface area (Å²) in [6.07, 6.45) is 11.4. The number of Topliss-reactive ketones (excluding diaryl/α,β-unsaturated/α-hetero) is 1. The first-order chi connectivity index (χ1) is 26.4. The van der Waals surface area contributed by atoms with Crippen LogP contribution in [0, 0.1) is 6.92 Å². The number of ketones is 1. The van der Waals surface area contributed by atoms with Crippen molar-refractivity contribution < 1.29 is 9.59 Å². The van der Waals surface area contributed by atoms with Crippen molar-refractivity contribution in [2.24, 2.45) is 0 Å². The third-order valence-corrected chi connectivity index (χ3v) is 10.3. The Morgan fingerprint density at radius 3 is 2.05 bits per heavy atom. The molecule has 0 aliphatic heterocycles. The molecule has 2 nitrogen and oxygen atoms in total. The lowest BCUT2D eigenvalue weighted by Crippen LogP contribution is -2.21. The minimum Gasteiger partial charge on any atom is -0.298 e. The highest BCUT2D eigenvalue weighted by Crippen LogP contribution is 2.45. The quantitative estimate of drug-likeness (QED) is 0.0906. The van der Waals surface area contributed by atoms with Gasteiger partial charge in [-0.3, -0.25) is 9.59 Å². The molecule has 0 N–H and O–H groups in total. The predicted molar refractivity (Wildman–Crippen MR) is 243 cm³/mol. The predicted octanol–water partition coefficient (Wildman–Crippen LogP) is 15.3. The summed E-state index contributed by atoms with van der Waals surface area (Å²) in [6, 6.07) is 31.3. The Hall–Kier alpha value is -5.60. The van der Waals surface area contributed by atoms with Crippen molar-refractivity contribution in [2.75, 3.05) is 0 Å². The lowest BCUT2D eigenvalue weighted by Gasteiger charge is -2.32. The molecule has 0 radical (unpaired) electrons. The number of carbonyl (C=O) groups is 2. The molecule has 5 aromatic rings. The van der Waals surface area contributed by atoms with Crippen LogP contribution in [0.5, 0.6) is 0 Å². The molecule has 0 saturated heterocycles. The van der Waals surface area contributed by atoms with Crippen LogP contribution in [0.3, 0.4) is 0 Å². The van der Waals surface area contributed by atoms with Crippen LogP contribution in [-0.4, -0.2) is 12.1 Å². The molecule has 0 bridgehead atoms. The van der Waals surface area contributed by atoms with E-state index < -0.39 is 0 Å². The molecule has 284 valence electrons. The second-order valence-electron chi connectivity index (χ2n) is 14.0. The third kappa shape index (κ3) is 9.94.